The Morgan fingerprint density at radius 2 is 2.15 bits per heavy atom. The molecule has 2 rings (SSSR count). The summed E-state index contributed by atoms with van der Waals surface area (Å²) < 4.78 is 1.10. The third-order valence-corrected chi connectivity index (χ3v) is 6.22. The second-order valence-electron chi connectivity index (χ2n) is 5.77. The summed E-state index contributed by atoms with van der Waals surface area (Å²) in [5.74, 6) is 1.36. The summed E-state index contributed by atoms with van der Waals surface area (Å²) in [4.78, 5) is 13.4. The van der Waals surface area contributed by atoms with Crippen molar-refractivity contribution < 1.29 is 4.79 Å². The molecule has 1 fully saturated rings. The first-order valence-corrected chi connectivity index (χ1v) is 9.37. The van der Waals surface area contributed by atoms with Crippen LogP contribution in [0.15, 0.2) is 15.9 Å². The molecule has 1 aliphatic rings. The predicted molar refractivity (Wildman–Crippen MR) is 88.8 cm³/mol. The number of thiophene rings is 1. The number of carbonyl (C=O) groups excluding carboxylic acids is 1. The Hall–Kier alpha value is -0.350. The average molecular weight is 358 g/mol. The Bertz CT molecular complexity index is 424. The first-order chi connectivity index (χ1) is 9.70. The standard InChI is InChI=1S/C16H24BrNOS/c1-2-3-4-12-5-7-13(8-6-12)16(19)18-11-15-14(17)9-10-20-15/h9-10,12-13H,2-8,11H2,1H3,(H,18,19). The molecule has 0 unspecified atom stereocenters. The number of nitrogens with one attached hydrogen (secondary N) is 1. The molecular weight excluding hydrogens is 334 g/mol. The van der Waals surface area contributed by atoms with Gasteiger partial charge in [0.15, 0.2) is 0 Å². The van der Waals surface area contributed by atoms with Crippen LogP contribution in [0.4, 0.5) is 0 Å². The Morgan fingerprint density at radius 1 is 1.40 bits per heavy atom. The van der Waals surface area contributed by atoms with E-state index in [0.717, 1.165) is 23.2 Å². The van der Waals surface area contributed by atoms with E-state index in [1.807, 2.05) is 11.4 Å². The Morgan fingerprint density at radius 3 is 2.75 bits per heavy atom. The SMILES string of the molecule is CCCCC1CCC(C(=O)NCc2sccc2Br)CC1. The minimum atomic E-state index is 0.242. The summed E-state index contributed by atoms with van der Waals surface area (Å²) >= 11 is 5.19. The zero-order chi connectivity index (χ0) is 14.4. The molecule has 20 heavy (non-hydrogen) atoms. The third kappa shape index (κ3) is 4.59. The molecular formula is C16H24BrNOS. The Labute approximate surface area is 134 Å². The molecule has 1 saturated carbocycles. The first kappa shape index (κ1) is 16.0. The predicted octanol–water partition coefficient (Wildman–Crippen LogP) is 5.12. The number of halogens is 1. The highest BCUT2D eigenvalue weighted by Gasteiger charge is 2.25. The molecule has 1 aliphatic carbocycles. The van der Waals surface area contributed by atoms with Gasteiger partial charge in [-0.05, 0) is 59.0 Å². The van der Waals surface area contributed by atoms with E-state index in [0.29, 0.717) is 6.54 Å². The van der Waals surface area contributed by atoms with Gasteiger partial charge in [0.25, 0.3) is 0 Å². The molecule has 2 nitrogen and oxygen atoms in total. The summed E-state index contributed by atoms with van der Waals surface area (Å²) in [7, 11) is 0. The quantitative estimate of drug-likeness (QED) is 0.751. The van der Waals surface area contributed by atoms with Crippen LogP contribution < -0.4 is 5.32 Å². The Kier molecular flexibility index (Phi) is 6.56. The molecule has 0 atom stereocenters. The molecule has 0 aliphatic heterocycles. The lowest BCUT2D eigenvalue weighted by Crippen LogP contribution is -2.32. The van der Waals surface area contributed by atoms with Gasteiger partial charge >= 0.3 is 0 Å². The van der Waals surface area contributed by atoms with Crippen LogP contribution in [-0.4, -0.2) is 5.91 Å². The van der Waals surface area contributed by atoms with Crippen LogP contribution in [0.5, 0.6) is 0 Å². The van der Waals surface area contributed by atoms with Crippen LogP contribution in [0, 0.1) is 11.8 Å². The lowest BCUT2D eigenvalue weighted by atomic mass is 9.79. The van der Waals surface area contributed by atoms with E-state index in [4.69, 9.17) is 0 Å². The zero-order valence-corrected chi connectivity index (χ0v) is 14.6. The Balaban J connectivity index is 1.71. The van der Waals surface area contributed by atoms with Crippen LogP contribution in [0.3, 0.4) is 0 Å². The largest absolute Gasteiger partial charge is 0.351 e. The van der Waals surface area contributed by atoms with E-state index in [9.17, 15) is 4.79 Å². The van der Waals surface area contributed by atoms with Crippen LogP contribution in [0.25, 0.3) is 0 Å². The summed E-state index contributed by atoms with van der Waals surface area (Å²) in [6.07, 6.45) is 8.61. The van der Waals surface area contributed by atoms with E-state index in [1.54, 1.807) is 11.3 Å². The van der Waals surface area contributed by atoms with Crippen molar-refractivity contribution in [1.82, 2.24) is 5.32 Å². The molecule has 0 aromatic carbocycles. The van der Waals surface area contributed by atoms with Crippen molar-refractivity contribution in [1.29, 1.82) is 0 Å². The van der Waals surface area contributed by atoms with Gasteiger partial charge in [0, 0.05) is 15.3 Å². The summed E-state index contributed by atoms with van der Waals surface area (Å²) in [6.45, 7) is 2.91. The molecule has 112 valence electrons. The summed E-state index contributed by atoms with van der Waals surface area (Å²) in [5, 5.41) is 5.14. The molecule has 0 spiro atoms. The van der Waals surface area contributed by atoms with Gasteiger partial charge in [-0.2, -0.15) is 0 Å². The van der Waals surface area contributed by atoms with Gasteiger partial charge in [-0.25, -0.2) is 0 Å². The van der Waals surface area contributed by atoms with Crippen molar-refractivity contribution in [3.63, 3.8) is 0 Å². The second kappa shape index (κ2) is 8.18. The molecule has 1 aromatic rings. The average Bonchev–Trinajstić information content (AvgIpc) is 2.88. The highest BCUT2D eigenvalue weighted by Crippen LogP contribution is 2.32. The smallest absolute Gasteiger partial charge is 0.223 e. The maximum Gasteiger partial charge on any atom is 0.223 e. The van der Waals surface area contributed by atoms with E-state index in [1.165, 1.54) is 37.0 Å². The van der Waals surface area contributed by atoms with Crippen molar-refractivity contribution in [3.05, 3.63) is 20.8 Å². The second-order valence-corrected chi connectivity index (χ2v) is 7.62. The first-order valence-electron chi connectivity index (χ1n) is 7.70. The van der Waals surface area contributed by atoms with Crippen molar-refractivity contribution >= 4 is 33.2 Å². The fraction of sp³-hybridized carbons (Fsp3) is 0.688. The van der Waals surface area contributed by atoms with E-state index < -0.39 is 0 Å². The van der Waals surface area contributed by atoms with Crippen molar-refractivity contribution in [2.24, 2.45) is 11.8 Å². The third-order valence-electron chi connectivity index (χ3n) is 4.30. The lowest BCUT2D eigenvalue weighted by Gasteiger charge is -2.27. The van der Waals surface area contributed by atoms with Crippen LogP contribution in [0.1, 0.15) is 56.7 Å². The lowest BCUT2D eigenvalue weighted by molar-refractivity contribution is -0.126. The molecule has 0 bridgehead atoms. The minimum absolute atomic E-state index is 0.242. The van der Waals surface area contributed by atoms with Crippen LogP contribution in [0.2, 0.25) is 0 Å². The summed E-state index contributed by atoms with van der Waals surface area (Å²) in [6, 6.07) is 2.03. The number of unbranched alkanes of at least 4 members (excludes halogenated alkanes) is 1. The highest BCUT2D eigenvalue weighted by molar-refractivity contribution is 9.10. The van der Waals surface area contributed by atoms with Gasteiger partial charge < -0.3 is 5.32 Å². The molecule has 1 heterocycles. The van der Waals surface area contributed by atoms with Crippen molar-refractivity contribution in [2.75, 3.05) is 0 Å². The van der Waals surface area contributed by atoms with Gasteiger partial charge in [-0.1, -0.05) is 26.2 Å². The van der Waals surface area contributed by atoms with Crippen molar-refractivity contribution in [2.45, 2.75) is 58.4 Å². The normalized spacial score (nSPS) is 22.7. The minimum Gasteiger partial charge on any atom is -0.351 e. The number of amides is 1. The number of hydrogen-bond acceptors (Lipinski definition) is 2. The molecule has 1 aromatic heterocycles. The van der Waals surface area contributed by atoms with Crippen LogP contribution in [-0.2, 0) is 11.3 Å². The maximum atomic E-state index is 12.2. The molecule has 0 radical (unpaired) electrons. The molecule has 4 heteroatoms. The van der Waals surface area contributed by atoms with Gasteiger partial charge in [-0.3, -0.25) is 4.79 Å². The maximum absolute atomic E-state index is 12.2. The topological polar surface area (TPSA) is 29.1 Å². The zero-order valence-electron chi connectivity index (χ0n) is 12.2. The van der Waals surface area contributed by atoms with Gasteiger partial charge in [0.2, 0.25) is 5.91 Å². The van der Waals surface area contributed by atoms with Gasteiger partial charge in [0.1, 0.15) is 0 Å². The number of rotatable bonds is 6. The fourth-order valence-corrected chi connectivity index (χ4v) is 4.40. The number of carbonyl (C=O) groups is 1. The van der Waals surface area contributed by atoms with Gasteiger partial charge in [0.05, 0.1) is 6.54 Å². The van der Waals surface area contributed by atoms with E-state index in [-0.39, 0.29) is 11.8 Å². The van der Waals surface area contributed by atoms with Crippen LogP contribution >= 0.6 is 27.3 Å². The highest BCUT2D eigenvalue weighted by atomic mass is 79.9. The van der Waals surface area contributed by atoms with E-state index >= 15 is 0 Å². The molecule has 0 saturated heterocycles. The molecule has 1 N–H and O–H groups in total. The summed E-state index contributed by atoms with van der Waals surface area (Å²) in [5.41, 5.74) is 0. The monoisotopic (exact) mass is 357 g/mol. The van der Waals surface area contributed by atoms with E-state index in [2.05, 4.69) is 28.2 Å². The number of hydrogen-bond donors (Lipinski definition) is 1. The fourth-order valence-electron chi connectivity index (χ4n) is 2.97. The van der Waals surface area contributed by atoms with Crippen molar-refractivity contribution in [3.8, 4) is 0 Å². The molecule has 1 amide bonds. The van der Waals surface area contributed by atoms with Gasteiger partial charge in [-0.15, -0.1) is 11.3 Å².